The number of benzene rings is 1. The summed E-state index contributed by atoms with van der Waals surface area (Å²) in [5.74, 6) is -1.20. The summed E-state index contributed by atoms with van der Waals surface area (Å²) < 4.78 is 1.07. The van der Waals surface area contributed by atoms with Crippen LogP contribution in [0.25, 0.3) is 0 Å². The Kier molecular flexibility index (Phi) is 5.16. The topological polar surface area (TPSA) is 69.7 Å². The lowest BCUT2D eigenvalue weighted by atomic mass is 10.2. The minimum Gasteiger partial charge on any atom is -0.342 e. The number of hydrogen-bond acceptors (Lipinski definition) is 3. The zero-order valence-corrected chi connectivity index (χ0v) is 13.8. The summed E-state index contributed by atoms with van der Waals surface area (Å²) in [6.45, 7) is 3.58. The average molecular weight is 401 g/mol. The van der Waals surface area contributed by atoms with Crippen LogP contribution in [-0.2, 0) is 14.4 Å². The van der Waals surface area contributed by atoms with Crippen molar-refractivity contribution >= 4 is 46.5 Å². The van der Waals surface area contributed by atoms with Gasteiger partial charge in [-0.1, -0.05) is 0 Å². The smallest absolute Gasteiger partial charge is 0.313 e. The molecule has 0 spiro atoms. The highest BCUT2D eigenvalue weighted by Crippen LogP contribution is 2.17. The number of carbonyl (C=O) groups is 3. The van der Waals surface area contributed by atoms with E-state index < -0.39 is 11.8 Å². The molecule has 7 heteroatoms. The number of amides is 3. The molecular weight excluding hydrogens is 385 g/mol. The van der Waals surface area contributed by atoms with Crippen LogP contribution in [0.1, 0.15) is 5.56 Å². The first-order valence-corrected chi connectivity index (χ1v) is 7.65. The van der Waals surface area contributed by atoms with Gasteiger partial charge in [0.15, 0.2) is 0 Å². The Labute approximate surface area is 136 Å². The van der Waals surface area contributed by atoms with Crippen LogP contribution in [0.5, 0.6) is 0 Å². The summed E-state index contributed by atoms with van der Waals surface area (Å²) in [5.41, 5.74) is 1.55. The van der Waals surface area contributed by atoms with E-state index in [1.807, 2.05) is 19.1 Å². The molecule has 1 aromatic carbocycles. The van der Waals surface area contributed by atoms with Gasteiger partial charge in [-0.05, 0) is 53.3 Å². The van der Waals surface area contributed by atoms with Crippen LogP contribution in [0.2, 0.25) is 0 Å². The van der Waals surface area contributed by atoms with Gasteiger partial charge in [-0.3, -0.25) is 14.4 Å². The molecule has 1 aliphatic rings. The Morgan fingerprint density at radius 3 is 2.48 bits per heavy atom. The number of halogens is 1. The third-order valence-electron chi connectivity index (χ3n) is 3.38. The van der Waals surface area contributed by atoms with Crippen LogP contribution < -0.4 is 5.32 Å². The van der Waals surface area contributed by atoms with E-state index in [0.29, 0.717) is 31.9 Å². The maximum Gasteiger partial charge on any atom is 0.313 e. The van der Waals surface area contributed by atoms with Gasteiger partial charge in [0.05, 0.1) is 0 Å². The number of hydrogen-bond donors (Lipinski definition) is 1. The Hall–Kier alpha value is -1.64. The lowest BCUT2D eigenvalue weighted by Gasteiger charge is -2.32. The van der Waals surface area contributed by atoms with Gasteiger partial charge in [0.25, 0.3) is 0 Å². The van der Waals surface area contributed by atoms with Crippen molar-refractivity contribution in [2.75, 3.05) is 31.5 Å². The summed E-state index contributed by atoms with van der Waals surface area (Å²) in [4.78, 5) is 37.8. The van der Waals surface area contributed by atoms with Crippen molar-refractivity contribution in [2.45, 2.75) is 6.92 Å². The first kappa shape index (κ1) is 15.7. The number of rotatable bonds is 2. The van der Waals surface area contributed by atoms with Gasteiger partial charge in [-0.25, -0.2) is 0 Å². The van der Waals surface area contributed by atoms with Gasteiger partial charge in [-0.15, -0.1) is 0 Å². The van der Waals surface area contributed by atoms with E-state index >= 15 is 0 Å². The van der Waals surface area contributed by atoms with Crippen molar-refractivity contribution in [1.82, 2.24) is 9.80 Å². The molecule has 0 unspecified atom stereocenters. The van der Waals surface area contributed by atoms with E-state index in [-0.39, 0.29) is 0 Å². The average Bonchev–Trinajstić information content (AvgIpc) is 2.49. The normalized spacial score (nSPS) is 14.8. The van der Waals surface area contributed by atoms with Crippen molar-refractivity contribution in [2.24, 2.45) is 0 Å². The SMILES string of the molecule is Cc1cc(I)ccc1NC(=O)C(=O)N1CCN(C=O)CC1. The fourth-order valence-corrected chi connectivity index (χ4v) is 2.76. The highest BCUT2D eigenvalue weighted by Gasteiger charge is 2.25. The number of piperazine rings is 1. The van der Waals surface area contributed by atoms with Crippen LogP contribution in [0, 0.1) is 10.5 Å². The van der Waals surface area contributed by atoms with Crippen LogP contribution in [0.15, 0.2) is 18.2 Å². The van der Waals surface area contributed by atoms with E-state index in [4.69, 9.17) is 0 Å². The molecule has 0 saturated carbocycles. The lowest BCUT2D eigenvalue weighted by molar-refractivity contribution is -0.144. The van der Waals surface area contributed by atoms with Gasteiger partial charge >= 0.3 is 11.8 Å². The molecule has 0 atom stereocenters. The third-order valence-corrected chi connectivity index (χ3v) is 4.05. The molecule has 1 aromatic rings. The molecule has 1 heterocycles. The Balaban J connectivity index is 1.97. The second-order valence-electron chi connectivity index (χ2n) is 4.85. The number of aryl methyl sites for hydroxylation is 1. The highest BCUT2D eigenvalue weighted by molar-refractivity contribution is 14.1. The summed E-state index contributed by atoms with van der Waals surface area (Å²) in [6, 6.07) is 5.59. The molecule has 21 heavy (non-hydrogen) atoms. The van der Waals surface area contributed by atoms with E-state index in [9.17, 15) is 14.4 Å². The van der Waals surface area contributed by atoms with Crippen molar-refractivity contribution in [3.63, 3.8) is 0 Å². The lowest BCUT2D eigenvalue weighted by Crippen LogP contribution is -2.51. The molecule has 6 nitrogen and oxygen atoms in total. The van der Waals surface area contributed by atoms with E-state index in [0.717, 1.165) is 15.5 Å². The summed E-state index contributed by atoms with van der Waals surface area (Å²) in [5, 5.41) is 2.64. The molecule has 0 aromatic heterocycles. The fourth-order valence-electron chi connectivity index (χ4n) is 2.12. The standard InChI is InChI=1S/C14H16IN3O3/c1-10-8-11(15)2-3-12(10)16-13(20)14(21)18-6-4-17(9-19)5-7-18/h2-3,8-9H,4-7H2,1H3,(H,16,20). The number of nitrogens with zero attached hydrogens (tertiary/aromatic N) is 2. The maximum atomic E-state index is 12.1. The zero-order chi connectivity index (χ0) is 15.4. The Morgan fingerprint density at radius 1 is 1.24 bits per heavy atom. The second kappa shape index (κ2) is 6.88. The van der Waals surface area contributed by atoms with Crippen molar-refractivity contribution in [3.8, 4) is 0 Å². The monoisotopic (exact) mass is 401 g/mol. The molecule has 2 rings (SSSR count). The summed E-state index contributed by atoms with van der Waals surface area (Å²) in [6.07, 6.45) is 0.761. The molecule has 112 valence electrons. The molecule has 1 N–H and O–H groups in total. The molecule has 1 fully saturated rings. The van der Waals surface area contributed by atoms with Gasteiger partial charge in [0.1, 0.15) is 0 Å². The quantitative estimate of drug-likeness (QED) is 0.454. The molecular formula is C14H16IN3O3. The summed E-state index contributed by atoms with van der Waals surface area (Å²) in [7, 11) is 0. The van der Waals surface area contributed by atoms with Gasteiger partial charge in [-0.2, -0.15) is 0 Å². The molecule has 1 aliphatic heterocycles. The van der Waals surface area contributed by atoms with Gasteiger partial charge in [0, 0.05) is 35.4 Å². The maximum absolute atomic E-state index is 12.1. The molecule has 0 bridgehead atoms. The van der Waals surface area contributed by atoms with Crippen LogP contribution in [0.4, 0.5) is 5.69 Å². The van der Waals surface area contributed by atoms with E-state index in [1.54, 1.807) is 11.0 Å². The Morgan fingerprint density at radius 2 is 1.90 bits per heavy atom. The predicted octanol–water partition coefficient (Wildman–Crippen LogP) is 0.839. The molecule has 0 radical (unpaired) electrons. The van der Waals surface area contributed by atoms with Gasteiger partial charge in [0.2, 0.25) is 6.41 Å². The first-order valence-electron chi connectivity index (χ1n) is 6.57. The third kappa shape index (κ3) is 3.93. The molecule has 3 amide bonds. The predicted molar refractivity (Wildman–Crippen MR) is 86.7 cm³/mol. The van der Waals surface area contributed by atoms with Crippen molar-refractivity contribution < 1.29 is 14.4 Å². The van der Waals surface area contributed by atoms with E-state index in [1.165, 1.54) is 4.90 Å². The molecule has 0 aliphatic carbocycles. The fraction of sp³-hybridized carbons (Fsp3) is 0.357. The molecule has 1 saturated heterocycles. The van der Waals surface area contributed by atoms with E-state index in [2.05, 4.69) is 27.9 Å². The largest absolute Gasteiger partial charge is 0.342 e. The minimum atomic E-state index is -0.640. The van der Waals surface area contributed by atoms with Crippen molar-refractivity contribution in [3.05, 3.63) is 27.3 Å². The van der Waals surface area contributed by atoms with Gasteiger partial charge < -0.3 is 15.1 Å². The number of nitrogens with one attached hydrogen (secondary N) is 1. The number of carbonyl (C=O) groups excluding carboxylic acids is 3. The van der Waals surface area contributed by atoms with Crippen LogP contribution in [0.3, 0.4) is 0 Å². The second-order valence-corrected chi connectivity index (χ2v) is 6.09. The van der Waals surface area contributed by atoms with Crippen molar-refractivity contribution in [1.29, 1.82) is 0 Å². The highest BCUT2D eigenvalue weighted by atomic mass is 127. The minimum absolute atomic E-state index is 0.386. The number of anilines is 1. The van der Waals surface area contributed by atoms with Crippen LogP contribution >= 0.6 is 22.6 Å². The summed E-state index contributed by atoms with van der Waals surface area (Å²) >= 11 is 2.19. The Bertz CT molecular complexity index is 569. The zero-order valence-electron chi connectivity index (χ0n) is 11.6. The first-order chi connectivity index (χ1) is 10.0. The van der Waals surface area contributed by atoms with Crippen LogP contribution in [-0.4, -0.2) is 54.2 Å².